The Morgan fingerprint density at radius 3 is 2.63 bits per heavy atom. The van der Waals surface area contributed by atoms with Crippen LogP contribution in [0.15, 0.2) is 24.3 Å². The molecule has 0 saturated heterocycles. The van der Waals surface area contributed by atoms with E-state index in [4.69, 9.17) is 4.74 Å². The van der Waals surface area contributed by atoms with Crippen molar-refractivity contribution in [3.8, 4) is 16.7 Å². The highest BCUT2D eigenvalue weighted by Gasteiger charge is 2.33. The van der Waals surface area contributed by atoms with Crippen molar-refractivity contribution in [1.82, 2.24) is 24.6 Å². The van der Waals surface area contributed by atoms with Crippen LogP contribution in [0, 0.1) is 10.9 Å². The van der Waals surface area contributed by atoms with E-state index in [9.17, 15) is 13.6 Å². The van der Waals surface area contributed by atoms with E-state index in [1.54, 1.807) is 4.90 Å². The molecule has 7 nitrogen and oxygen atoms in total. The van der Waals surface area contributed by atoms with Gasteiger partial charge in [0.1, 0.15) is 5.82 Å². The number of methoxy groups -OCH3 is 1. The van der Waals surface area contributed by atoms with E-state index in [1.165, 1.54) is 31.4 Å². The Balaban J connectivity index is 1.63. The summed E-state index contributed by atoms with van der Waals surface area (Å²) < 4.78 is 33.6. The number of nitrogens with zero attached hydrogens (tertiary/aromatic N) is 5. The fraction of sp³-hybridized carbons (Fsp3) is 0.294. The van der Waals surface area contributed by atoms with Gasteiger partial charge in [-0.2, -0.15) is 9.37 Å². The van der Waals surface area contributed by atoms with Crippen LogP contribution in [0.2, 0.25) is 0 Å². The average Bonchev–Trinajstić information content (AvgIpc) is 3.25. The van der Waals surface area contributed by atoms with Crippen molar-refractivity contribution in [3.63, 3.8) is 0 Å². The van der Waals surface area contributed by atoms with Gasteiger partial charge < -0.3 is 14.2 Å². The number of hydrogen-bond donors (Lipinski definition) is 0. The summed E-state index contributed by atoms with van der Waals surface area (Å²) in [4.78, 5) is 18.5. The van der Waals surface area contributed by atoms with Gasteiger partial charge in [-0.15, -0.1) is 10.2 Å². The minimum Gasteiger partial charge on any atom is -0.478 e. The average molecular weight is 391 g/mol. The molecule has 0 N–H and O–H groups in total. The van der Waals surface area contributed by atoms with Crippen molar-refractivity contribution in [2.75, 3.05) is 13.7 Å². The Hall–Kier alpha value is -2.88. The molecule has 0 spiro atoms. The Labute approximate surface area is 157 Å². The molecule has 140 valence electrons. The molecule has 1 aromatic carbocycles. The lowest BCUT2D eigenvalue weighted by molar-refractivity contribution is 0.0638. The zero-order valence-corrected chi connectivity index (χ0v) is 15.3. The van der Waals surface area contributed by atoms with Gasteiger partial charge >= 0.3 is 0 Å². The quantitative estimate of drug-likeness (QED) is 0.686. The summed E-state index contributed by atoms with van der Waals surface area (Å²) >= 11 is 0.834. The molecule has 0 saturated carbocycles. The molecule has 1 atom stereocenters. The summed E-state index contributed by atoms with van der Waals surface area (Å²) in [5.41, 5.74) is 0.406. The summed E-state index contributed by atoms with van der Waals surface area (Å²) in [5, 5.41) is 8.16. The van der Waals surface area contributed by atoms with E-state index >= 15 is 0 Å². The molecule has 2 aromatic heterocycles. The van der Waals surface area contributed by atoms with Gasteiger partial charge in [0.2, 0.25) is 5.13 Å². The minimum atomic E-state index is -0.526. The third-order valence-electron chi connectivity index (χ3n) is 4.48. The predicted molar refractivity (Wildman–Crippen MR) is 93.5 cm³/mol. The zero-order valence-electron chi connectivity index (χ0n) is 14.5. The number of thiazole rings is 1. The van der Waals surface area contributed by atoms with Crippen LogP contribution in [0.5, 0.6) is 5.88 Å². The van der Waals surface area contributed by atoms with Crippen molar-refractivity contribution < 1.29 is 18.3 Å². The van der Waals surface area contributed by atoms with Crippen molar-refractivity contribution >= 4 is 17.2 Å². The van der Waals surface area contributed by atoms with E-state index in [1.807, 2.05) is 11.5 Å². The number of hydrogen-bond acceptors (Lipinski definition) is 6. The van der Waals surface area contributed by atoms with Crippen molar-refractivity contribution in [2.45, 2.75) is 19.5 Å². The molecule has 0 aliphatic carbocycles. The molecule has 3 heterocycles. The summed E-state index contributed by atoms with van der Waals surface area (Å²) in [5.74, 6) is 0.345. The topological polar surface area (TPSA) is 73.1 Å². The molecule has 0 bridgehead atoms. The van der Waals surface area contributed by atoms with Gasteiger partial charge in [0.25, 0.3) is 11.8 Å². The molecule has 0 unspecified atom stereocenters. The molecule has 0 radical (unpaired) electrons. The van der Waals surface area contributed by atoms with E-state index in [2.05, 4.69) is 15.2 Å². The van der Waals surface area contributed by atoms with Crippen LogP contribution in [0.1, 0.15) is 29.1 Å². The fourth-order valence-electron chi connectivity index (χ4n) is 3.09. The van der Waals surface area contributed by atoms with E-state index < -0.39 is 10.9 Å². The van der Waals surface area contributed by atoms with Crippen LogP contribution >= 0.6 is 11.3 Å². The first kappa shape index (κ1) is 17.5. The maximum Gasteiger partial charge on any atom is 0.262 e. The first-order chi connectivity index (χ1) is 13.0. The maximum absolute atomic E-state index is 13.8. The van der Waals surface area contributed by atoms with Gasteiger partial charge in [-0.1, -0.05) is 11.3 Å². The number of rotatable bonds is 3. The summed E-state index contributed by atoms with van der Waals surface area (Å²) in [6.07, 6.45) is 0. The third-order valence-corrected chi connectivity index (χ3v) is 5.30. The van der Waals surface area contributed by atoms with Gasteiger partial charge in [0.05, 0.1) is 13.2 Å². The number of halogens is 2. The summed E-state index contributed by atoms with van der Waals surface area (Å²) in [6.45, 7) is 2.70. The third kappa shape index (κ3) is 2.95. The smallest absolute Gasteiger partial charge is 0.262 e. The van der Waals surface area contributed by atoms with Crippen LogP contribution in [0.4, 0.5) is 8.78 Å². The Kier molecular flexibility index (Phi) is 4.34. The van der Waals surface area contributed by atoms with Gasteiger partial charge in [-0.25, -0.2) is 4.39 Å². The van der Waals surface area contributed by atoms with Gasteiger partial charge in [-0.05, 0) is 31.2 Å². The standard InChI is InChI=1S/C17H15F2N5O2S/c1-9-13-21-22-14(16-20-15(26-2)12(19)27-16)24(13)8-7-23(9)17(25)10-3-5-11(18)6-4-10/h3-6,9H,7-8H2,1-2H3/t9-/m1/s1. The van der Waals surface area contributed by atoms with Crippen LogP contribution < -0.4 is 4.74 Å². The minimum absolute atomic E-state index is 0.0793. The Bertz CT molecular complexity index is 1000. The van der Waals surface area contributed by atoms with Gasteiger partial charge in [0, 0.05) is 18.7 Å². The first-order valence-electron chi connectivity index (χ1n) is 8.20. The monoisotopic (exact) mass is 391 g/mol. The second-order valence-corrected chi connectivity index (χ2v) is 6.97. The van der Waals surface area contributed by atoms with Crippen LogP contribution in [0.25, 0.3) is 10.8 Å². The SMILES string of the molecule is COc1nc(-c2nnc3n2CCN(C(=O)c2ccc(F)cc2)[C@@H]3C)sc1F. The molecular weight excluding hydrogens is 376 g/mol. The molecule has 1 aliphatic rings. The number of carbonyl (C=O) groups is 1. The normalized spacial score (nSPS) is 16.3. The van der Waals surface area contributed by atoms with Crippen LogP contribution in [-0.4, -0.2) is 44.2 Å². The summed E-state index contributed by atoms with van der Waals surface area (Å²) in [7, 11) is 1.35. The van der Waals surface area contributed by atoms with Crippen LogP contribution in [-0.2, 0) is 6.54 Å². The molecular formula is C17H15F2N5O2S. The fourth-order valence-corrected chi connectivity index (χ4v) is 3.85. The summed E-state index contributed by atoms with van der Waals surface area (Å²) in [6, 6.07) is 5.09. The lowest BCUT2D eigenvalue weighted by Gasteiger charge is -2.33. The number of amides is 1. The van der Waals surface area contributed by atoms with E-state index in [0.29, 0.717) is 35.3 Å². The zero-order chi connectivity index (χ0) is 19.1. The molecule has 27 heavy (non-hydrogen) atoms. The molecule has 1 aliphatic heterocycles. The number of carbonyl (C=O) groups excluding carboxylic acids is 1. The number of ether oxygens (including phenoxy) is 1. The predicted octanol–water partition coefficient (Wildman–Crippen LogP) is 2.91. The maximum atomic E-state index is 13.8. The van der Waals surface area contributed by atoms with Crippen LogP contribution in [0.3, 0.4) is 0 Å². The van der Waals surface area contributed by atoms with Crippen molar-refractivity contribution in [1.29, 1.82) is 0 Å². The highest BCUT2D eigenvalue weighted by atomic mass is 32.1. The largest absolute Gasteiger partial charge is 0.478 e. The second-order valence-electron chi connectivity index (χ2n) is 6.02. The highest BCUT2D eigenvalue weighted by Crippen LogP contribution is 2.33. The van der Waals surface area contributed by atoms with Crippen molar-refractivity contribution in [3.05, 3.63) is 46.6 Å². The van der Waals surface area contributed by atoms with E-state index in [0.717, 1.165) is 11.3 Å². The number of benzene rings is 1. The molecule has 1 amide bonds. The van der Waals surface area contributed by atoms with E-state index in [-0.39, 0.29) is 17.8 Å². The van der Waals surface area contributed by atoms with Crippen molar-refractivity contribution in [2.24, 2.45) is 0 Å². The van der Waals surface area contributed by atoms with Gasteiger partial charge in [0.15, 0.2) is 16.7 Å². The Morgan fingerprint density at radius 1 is 1.22 bits per heavy atom. The molecule has 3 aromatic rings. The Morgan fingerprint density at radius 2 is 1.96 bits per heavy atom. The molecule has 4 rings (SSSR count). The number of aromatic nitrogens is 4. The lowest BCUT2D eigenvalue weighted by atomic mass is 10.1. The highest BCUT2D eigenvalue weighted by molar-refractivity contribution is 7.13. The van der Waals surface area contributed by atoms with Gasteiger partial charge in [-0.3, -0.25) is 4.79 Å². The lowest BCUT2D eigenvalue weighted by Crippen LogP contribution is -2.41. The second kappa shape index (κ2) is 6.69. The number of fused-ring (bicyclic) bond motifs is 1. The molecule has 0 fully saturated rings. The molecule has 10 heteroatoms. The first-order valence-corrected chi connectivity index (χ1v) is 9.01.